The number of carbonyl (C=O) groups is 2. The number of hydrogen-bond acceptors (Lipinski definition) is 5. The number of carboxylic acids is 1. The number of ether oxygens (including phenoxy) is 2. The Morgan fingerprint density at radius 2 is 1.56 bits per heavy atom. The van der Waals surface area contributed by atoms with Gasteiger partial charge in [0.15, 0.2) is 11.5 Å². The summed E-state index contributed by atoms with van der Waals surface area (Å²) >= 11 is 0. The highest BCUT2D eigenvalue weighted by atomic mass is 19.4. The van der Waals surface area contributed by atoms with Crippen LogP contribution in [0.1, 0.15) is 5.56 Å². The predicted molar refractivity (Wildman–Crippen MR) is 113 cm³/mol. The van der Waals surface area contributed by atoms with Crippen LogP contribution in [-0.4, -0.2) is 40.9 Å². The molecule has 1 aliphatic rings. The van der Waals surface area contributed by atoms with Crippen molar-refractivity contribution >= 4 is 17.6 Å². The summed E-state index contributed by atoms with van der Waals surface area (Å²) in [4.78, 5) is 25.2. The maximum Gasteiger partial charge on any atom is 0.490 e. The number of nitrogens with zero attached hydrogens (tertiary/aromatic N) is 1. The molecule has 2 N–H and O–H groups in total. The molecule has 1 aromatic heterocycles. The summed E-state index contributed by atoms with van der Waals surface area (Å²) in [5, 5.41) is 9.60. The van der Waals surface area contributed by atoms with Crippen LogP contribution in [0.2, 0.25) is 0 Å². The zero-order chi connectivity index (χ0) is 26.5. The number of rotatable bonds is 3. The maximum absolute atomic E-state index is 13.6. The first-order chi connectivity index (χ1) is 16.9. The number of carbonyl (C=O) groups excluding carboxylic acids is 1. The van der Waals surface area contributed by atoms with Crippen molar-refractivity contribution in [3.05, 3.63) is 72.6 Å². The van der Waals surface area contributed by atoms with Gasteiger partial charge in [0.25, 0.3) is 5.91 Å². The number of benzene rings is 2. The molecule has 36 heavy (non-hydrogen) atoms. The van der Waals surface area contributed by atoms with Gasteiger partial charge in [0, 0.05) is 18.1 Å². The fourth-order valence-corrected chi connectivity index (χ4v) is 3.01. The average molecular weight is 514 g/mol. The van der Waals surface area contributed by atoms with Crippen molar-refractivity contribution in [2.45, 2.75) is 18.5 Å². The van der Waals surface area contributed by atoms with Crippen LogP contribution >= 0.6 is 0 Å². The zero-order valence-electron chi connectivity index (χ0n) is 17.9. The van der Waals surface area contributed by atoms with Crippen molar-refractivity contribution in [3.63, 3.8) is 0 Å². The molecule has 4 rings (SSSR count). The van der Waals surface area contributed by atoms with Gasteiger partial charge >= 0.3 is 18.3 Å². The quantitative estimate of drug-likeness (QED) is 0.468. The van der Waals surface area contributed by atoms with Crippen molar-refractivity contribution < 1.29 is 50.5 Å². The number of pyridine rings is 1. The van der Waals surface area contributed by atoms with E-state index >= 15 is 0 Å². The molecule has 0 radical (unpaired) electrons. The number of carboxylic acid groups (broad SMARTS) is 1. The lowest BCUT2D eigenvalue weighted by molar-refractivity contribution is -0.192. The summed E-state index contributed by atoms with van der Waals surface area (Å²) in [7, 11) is 0. The van der Waals surface area contributed by atoms with E-state index in [-0.39, 0.29) is 17.9 Å². The fourth-order valence-electron chi connectivity index (χ4n) is 3.01. The van der Waals surface area contributed by atoms with Crippen LogP contribution in [0.3, 0.4) is 0 Å². The van der Waals surface area contributed by atoms with Gasteiger partial charge in [0.1, 0.15) is 6.61 Å². The Labute approximate surface area is 199 Å². The Balaban J connectivity index is 0.000000454. The lowest BCUT2D eigenvalue weighted by atomic mass is 9.99. The average Bonchev–Trinajstić information content (AvgIpc) is 2.83. The molecule has 3 aromatic rings. The van der Waals surface area contributed by atoms with Crippen molar-refractivity contribution in [1.82, 2.24) is 4.98 Å². The summed E-state index contributed by atoms with van der Waals surface area (Å²) in [5.74, 6) is -2.43. The van der Waals surface area contributed by atoms with Crippen LogP contribution in [-0.2, 0) is 15.8 Å². The summed E-state index contributed by atoms with van der Waals surface area (Å²) in [6.07, 6.45) is -7.81. The normalized spacial score (nSPS) is 14.8. The molecule has 1 aliphatic heterocycles. The van der Waals surface area contributed by atoms with Crippen LogP contribution in [0.15, 0.2) is 67.0 Å². The molecule has 190 valence electrons. The van der Waals surface area contributed by atoms with E-state index in [4.69, 9.17) is 19.4 Å². The molecule has 0 bridgehead atoms. The second-order valence-electron chi connectivity index (χ2n) is 7.15. The van der Waals surface area contributed by atoms with Crippen LogP contribution < -0.4 is 14.8 Å². The summed E-state index contributed by atoms with van der Waals surface area (Å²) in [6.45, 7) is -0.0376. The first-order valence-corrected chi connectivity index (χ1v) is 9.97. The number of halogens is 6. The van der Waals surface area contributed by atoms with Crippen molar-refractivity contribution in [2.75, 3.05) is 11.9 Å². The first-order valence-electron chi connectivity index (χ1n) is 9.97. The highest BCUT2D eigenvalue weighted by Gasteiger charge is 2.38. The molecule has 0 aliphatic carbocycles. The number of fused-ring (bicyclic) bond motifs is 1. The van der Waals surface area contributed by atoms with Crippen molar-refractivity contribution in [3.8, 4) is 22.6 Å². The van der Waals surface area contributed by atoms with Gasteiger partial charge in [-0.1, -0.05) is 18.2 Å². The number of amides is 1. The van der Waals surface area contributed by atoms with Crippen LogP contribution in [0.25, 0.3) is 11.1 Å². The van der Waals surface area contributed by atoms with Crippen molar-refractivity contribution in [2.24, 2.45) is 0 Å². The van der Waals surface area contributed by atoms with E-state index in [0.717, 1.165) is 6.07 Å². The topological polar surface area (TPSA) is 97.8 Å². The monoisotopic (exact) mass is 514 g/mol. The summed E-state index contributed by atoms with van der Waals surface area (Å²) < 4.78 is 83.6. The lowest BCUT2D eigenvalue weighted by Crippen LogP contribution is -2.40. The minimum atomic E-state index is -5.08. The van der Waals surface area contributed by atoms with Gasteiger partial charge < -0.3 is 19.9 Å². The van der Waals surface area contributed by atoms with Gasteiger partial charge in [-0.25, -0.2) is 4.79 Å². The van der Waals surface area contributed by atoms with E-state index in [1.54, 1.807) is 24.3 Å². The Bertz CT molecular complexity index is 1230. The van der Waals surface area contributed by atoms with Gasteiger partial charge in [-0.3, -0.25) is 9.78 Å². The lowest BCUT2D eigenvalue weighted by Gasteiger charge is -2.25. The molecular weight excluding hydrogens is 498 g/mol. The third-order valence-corrected chi connectivity index (χ3v) is 4.63. The minimum absolute atomic E-state index is 0.00377. The molecule has 1 atom stereocenters. The smallest absolute Gasteiger partial charge is 0.485 e. The number of para-hydroxylation sites is 2. The fraction of sp³-hybridized carbons (Fsp3) is 0.174. The zero-order valence-corrected chi connectivity index (χ0v) is 17.9. The molecule has 0 fully saturated rings. The number of aromatic nitrogens is 1. The Morgan fingerprint density at radius 1 is 0.944 bits per heavy atom. The van der Waals surface area contributed by atoms with E-state index in [1.807, 2.05) is 0 Å². The summed E-state index contributed by atoms with van der Waals surface area (Å²) in [6, 6.07) is 13.5. The van der Waals surface area contributed by atoms with Crippen LogP contribution in [0.5, 0.6) is 11.5 Å². The third kappa shape index (κ3) is 6.64. The van der Waals surface area contributed by atoms with E-state index in [0.29, 0.717) is 17.1 Å². The molecule has 1 unspecified atom stereocenters. The Hall–Kier alpha value is -4.29. The molecule has 0 spiro atoms. The summed E-state index contributed by atoms with van der Waals surface area (Å²) in [5.41, 5.74) is -0.454. The van der Waals surface area contributed by atoms with E-state index in [2.05, 4.69) is 10.3 Å². The Morgan fingerprint density at radius 3 is 2.14 bits per heavy atom. The Kier molecular flexibility index (Phi) is 7.71. The molecule has 13 heteroatoms. The highest BCUT2D eigenvalue weighted by molar-refractivity contribution is 5.95. The number of alkyl halides is 6. The second kappa shape index (κ2) is 10.5. The van der Waals surface area contributed by atoms with Crippen molar-refractivity contribution in [1.29, 1.82) is 0 Å². The number of nitrogens with one attached hydrogen (secondary N) is 1. The third-order valence-electron chi connectivity index (χ3n) is 4.63. The van der Waals surface area contributed by atoms with Gasteiger partial charge in [0.05, 0.1) is 5.56 Å². The molecule has 2 heterocycles. The number of hydrogen-bond donors (Lipinski definition) is 2. The van der Waals surface area contributed by atoms with Gasteiger partial charge in [0.2, 0.25) is 6.10 Å². The number of anilines is 1. The van der Waals surface area contributed by atoms with Crippen LogP contribution in [0.4, 0.5) is 32.0 Å². The standard InChI is InChI=1S/C21H15F3N2O3.C2HF3O2/c22-21(23,24)16-11-14(5-6-15(16)13-7-9-25-10-8-13)26-20(27)19-12-28-17-3-1-2-4-18(17)29-19;3-2(4,5)1(6)7/h1-11,19H,12H2,(H,26,27);(H,6,7). The molecule has 0 saturated heterocycles. The molecule has 1 amide bonds. The first kappa shape index (κ1) is 26.3. The van der Waals surface area contributed by atoms with E-state index in [9.17, 15) is 31.1 Å². The number of aliphatic carboxylic acids is 1. The van der Waals surface area contributed by atoms with Gasteiger partial charge in [-0.05, 0) is 47.5 Å². The second-order valence-corrected chi connectivity index (χ2v) is 7.15. The maximum atomic E-state index is 13.6. The van der Waals surface area contributed by atoms with Gasteiger partial charge in [-0.15, -0.1) is 0 Å². The van der Waals surface area contributed by atoms with E-state index in [1.165, 1.54) is 36.7 Å². The predicted octanol–water partition coefficient (Wildman–Crippen LogP) is 5.18. The van der Waals surface area contributed by atoms with E-state index < -0.39 is 35.9 Å². The molecule has 7 nitrogen and oxygen atoms in total. The van der Waals surface area contributed by atoms with Gasteiger partial charge in [-0.2, -0.15) is 26.3 Å². The van der Waals surface area contributed by atoms with Crippen LogP contribution in [0, 0.1) is 0 Å². The molecule has 2 aromatic carbocycles. The highest BCUT2D eigenvalue weighted by Crippen LogP contribution is 2.38. The molecular formula is C23H16F6N2O5. The SMILES string of the molecule is O=C(Nc1ccc(-c2ccncc2)c(C(F)(F)F)c1)C1COc2ccccc2O1.O=C(O)C(F)(F)F. The molecule has 0 saturated carbocycles. The largest absolute Gasteiger partial charge is 0.490 e. The minimum Gasteiger partial charge on any atom is -0.485 e.